The first-order chi connectivity index (χ1) is 8.72. The maximum absolute atomic E-state index is 5.98. The molecular formula is C14H23N3O. The Kier molecular flexibility index (Phi) is 3.16. The molecular weight excluding hydrogens is 226 g/mol. The molecule has 0 radical (unpaired) electrons. The van der Waals surface area contributed by atoms with Gasteiger partial charge in [0.1, 0.15) is 0 Å². The number of nitrogens with zero attached hydrogens (tertiary/aromatic N) is 2. The number of rotatable bonds is 3. The van der Waals surface area contributed by atoms with Crippen molar-refractivity contribution < 1.29 is 4.74 Å². The zero-order valence-corrected chi connectivity index (χ0v) is 11.4. The fourth-order valence-electron chi connectivity index (χ4n) is 3.09. The second-order valence-electron chi connectivity index (χ2n) is 5.80. The van der Waals surface area contributed by atoms with Crippen molar-refractivity contribution in [3.05, 3.63) is 18.0 Å². The highest BCUT2D eigenvalue weighted by atomic mass is 16.5. The predicted octanol–water partition coefficient (Wildman–Crippen LogP) is 2.44. The Balaban J connectivity index is 1.72. The Morgan fingerprint density at radius 2 is 2.39 bits per heavy atom. The molecule has 0 amide bonds. The summed E-state index contributed by atoms with van der Waals surface area (Å²) in [7, 11) is 1.99. The second-order valence-corrected chi connectivity index (χ2v) is 5.80. The zero-order chi connectivity index (χ0) is 12.6. The molecule has 0 bridgehead atoms. The SMILES string of the molecule is CNC(C)c1cnn(C2CCOC3(CCC3)C2)c1. The minimum Gasteiger partial charge on any atom is -0.375 e. The van der Waals surface area contributed by atoms with Crippen molar-refractivity contribution in [2.75, 3.05) is 13.7 Å². The topological polar surface area (TPSA) is 39.1 Å². The lowest BCUT2D eigenvalue weighted by atomic mass is 9.74. The molecule has 0 aromatic carbocycles. The number of hydrogen-bond donors (Lipinski definition) is 1. The highest BCUT2D eigenvalue weighted by Gasteiger charge is 2.43. The van der Waals surface area contributed by atoms with Crippen LogP contribution in [-0.4, -0.2) is 29.0 Å². The summed E-state index contributed by atoms with van der Waals surface area (Å²) < 4.78 is 8.13. The molecule has 2 unspecified atom stereocenters. The van der Waals surface area contributed by atoms with Crippen LogP contribution in [0.5, 0.6) is 0 Å². The molecule has 1 aliphatic heterocycles. The van der Waals surface area contributed by atoms with Crippen molar-refractivity contribution in [3.63, 3.8) is 0 Å². The average molecular weight is 249 g/mol. The molecule has 1 N–H and O–H groups in total. The third-order valence-electron chi connectivity index (χ3n) is 4.66. The van der Waals surface area contributed by atoms with Crippen molar-refractivity contribution in [2.45, 2.75) is 56.7 Å². The lowest BCUT2D eigenvalue weighted by Gasteiger charge is -2.47. The standard InChI is InChI=1S/C14H23N3O/c1-11(15-2)12-9-16-17(10-12)13-4-7-18-14(8-13)5-3-6-14/h9-11,13,15H,3-8H2,1-2H3. The first-order valence-corrected chi connectivity index (χ1v) is 7.08. The molecule has 4 heteroatoms. The molecule has 1 saturated carbocycles. The fourth-order valence-corrected chi connectivity index (χ4v) is 3.09. The van der Waals surface area contributed by atoms with E-state index in [0.717, 1.165) is 19.4 Å². The van der Waals surface area contributed by atoms with E-state index in [1.54, 1.807) is 0 Å². The van der Waals surface area contributed by atoms with Gasteiger partial charge in [0.05, 0.1) is 17.8 Å². The van der Waals surface area contributed by atoms with Gasteiger partial charge in [-0.25, -0.2) is 0 Å². The maximum atomic E-state index is 5.98. The van der Waals surface area contributed by atoms with Crippen LogP contribution in [0.4, 0.5) is 0 Å². The van der Waals surface area contributed by atoms with Crippen LogP contribution < -0.4 is 5.32 Å². The van der Waals surface area contributed by atoms with E-state index in [1.165, 1.54) is 24.8 Å². The summed E-state index contributed by atoms with van der Waals surface area (Å²) in [6.45, 7) is 3.06. The Labute approximate surface area is 109 Å². The van der Waals surface area contributed by atoms with Crippen LogP contribution >= 0.6 is 0 Å². The van der Waals surface area contributed by atoms with Crippen LogP contribution in [-0.2, 0) is 4.74 Å². The first kappa shape index (κ1) is 12.2. The highest BCUT2D eigenvalue weighted by molar-refractivity contribution is 5.10. The quantitative estimate of drug-likeness (QED) is 0.894. The number of hydrogen-bond acceptors (Lipinski definition) is 3. The molecule has 2 atom stereocenters. The van der Waals surface area contributed by atoms with Crippen LogP contribution in [0.1, 0.15) is 56.7 Å². The van der Waals surface area contributed by atoms with Crippen molar-refractivity contribution in [1.29, 1.82) is 0 Å². The molecule has 1 aliphatic carbocycles. The van der Waals surface area contributed by atoms with Gasteiger partial charge in [-0.3, -0.25) is 4.68 Å². The normalized spacial score (nSPS) is 28.0. The molecule has 18 heavy (non-hydrogen) atoms. The van der Waals surface area contributed by atoms with E-state index in [0.29, 0.717) is 12.1 Å². The Bertz CT molecular complexity index is 411. The third-order valence-corrected chi connectivity index (χ3v) is 4.66. The van der Waals surface area contributed by atoms with Gasteiger partial charge in [0.25, 0.3) is 0 Å². The number of nitrogens with one attached hydrogen (secondary N) is 1. The molecule has 2 fully saturated rings. The summed E-state index contributed by atoms with van der Waals surface area (Å²) in [5.74, 6) is 0. The van der Waals surface area contributed by atoms with Gasteiger partial charge in [0.15, 0.2) is 0 Å². The smallest absolute Gasteiger partial charge is 0.0703 e. The second kappa shape index (κ2) is 4.67. The molecule has 1 saturated heterocycles. The predicted molar refractivity (Wildman–Crippen MR) is 70.5 cm³/mol. The van der Waals surface area contributed by atoms with Crippen molar-refractivity contribution >= 4 is 0 Å². The van der Waals surface area contributed by atoms with Gasteiger partial charge in [0, 0.05) is 24.4 Å². The van der Waals surface area contributed by atoms with Crippen LogP contribution in [0, 0.1) is 0 Å². The number of ether oxygens (including phenoxy) is 1. The van der Waals surface area contributed by atoms with Crippen molar-refractivity contribution in [3.8, 4) is 0 Å². The van der Waals surface area contributed by atoms with Gasteiger partial charge in [0.2, 0.25) is 0 Å². The van der Waals surface area contributed by atoms with Crippen LogP contribution in [0.2, 0.25) is 0 Å². The van der Waals surface area contributed by atoms with E-state index in [-0.39, 0.29) is 5.60 Å². The summed E-state index contributed by atoms with van der Waals surface area (Å²) >= 11 is 0. The lowest BCUT2D eigenvalue weighted by Crippen LogP contribution is -2.46. The molecule has 1 spiro atoms. The van der Waals surface area contributed by atoms with Crippen molar-refractivity contribution in [2.24, 2.45) is 0 Å². The summed E-state index contributed by atoms with van der Waals surface area (Å²) in [6.07, 6.45) is 10.2. The minimum absolute atomic E-state index is 0.198. The van der Waals surface area contributed by atoms with E-state index < -0.39 is 0 Å². The lowest BCUT2D eigenvalue weighted by molar-refractivity contribution is -0.141. The van der Waals surface area contributed by atoms with Gasteiger partial charge in [-0.15, -0.1) is 0 Å². The van der Waals surface area contributed by atoms with Gasteiger partial charge >= 0.3 is 0 Å². The van der Waals surface area contributed by atoms with E-state index in [9.17, 15) is 0 Å². The molecule has 1 aromatic rings. The molecule has 1 aromatic heterocycles. The summed E-state index contributed by atoms with van der Waals surface area (Å²) in [4.78, 5) is 0. The monoisotopic (exact) mass is 249 g/mol. The van der Waals surface area contributed by atoms with E-state index >= 15 is 0 Å². The van der Waals surface area contributed by atoms with Gasteiger partial charge in [-0.2, -0.15) is 5.10 Å². The maximum Gasteiger partial charge on any atom is 0.0703 e. The Morgan fingerprint density at radius 1 is 1.56 bits per heavy atom. The molecule has 100 valence electrons. The van der Waals surface area contributed by atoms with Crippen LogP contribution in [0.25, 0.3) is 0 Å². The van der Waals surface area contributed by atoms with Crippen molar-refractivity contribution in [1.82, 2.24) is 15.1 Å². The summed E-state index contributed by atoms with van der Waals surface area (Å²) in [5, 5.41) is 7.81. The average Bonchev–Trinajstić information content (AvgIpc) is 2.86. The van der Waals surface area contributed by atoms with Crippen LogP contribution in [0.3, 0.4) is 0 Å². The summed E-state index contributed by atoms with van der Waals surface area (Å²) in [5.41, 5.74) is 1.47. The van der Waals surface area contributed by atoms with Crippen LogP contribution in [0.15, 0.2) is 12.4 Å². The highest BCUT2D eigenvalue weighted by Crippen LogP contribution is 2.45. The largest absolute Gasteiger partial charge is 0.375 e. The Morgan fingerprint density at radius 3 is 3.06 bits per heavy atom. The Hall–Kier alpha value is -0.870. The van der Waals surface area contributed by atoms with Gasteiger partial charge in [-0.05, 0) is 46.1 Å². The molecule has 2 heterocycles. The zero-order valence-electron chi connectivity index (χ0n) is 11.4. The van der Waals surface area contributed by atoms with Gasteiger partial charge in [-0.1, -0.05) is 0 Å². The fraction of sp³-hybridized carbons (Fsp3) is 0.786. The third kappa shape index (κ3) is 2.08. The van der Waals surface area contributed by atoms with E-state index in [2.05, 4.69) is 28.2 Å². The van der Waals surface area contributed by atoms with Gasteiger partial charge < -0.3 is 10.1 Å². The first-order valence-electron chi connectivity index (χ1n) is 7.08. The molecule has 2 aliphatic rings. The van der Waals surface area contributed by atoms with E-state index in [1.807, 2.05) is 13.2 Å². The minimum atomic E-state index is 0.198. The number of aromatic nitrogens is 2. The summed E-state index contributed by atoms with van der Waals surface area (Å²) in [6, 6.07) is 0.896. The molecule has 3 rings (SSSR count). The van der Waals surface area contributed by atoms with E-state index in [4.69, 9.17) is 4.74 Å². The molecule has 4 nitrogen and oxygen atoms in total.